The van der Waals surface area contributed by atoms with E-state index in [9.17, 15) is 43.9 Å². The van der Waals surface area contributed by atoms with E-state index >= 15 is 0 Å². The molecule has 16 nitrogen and oxygen atoms in total. The van der Waals surface area contributed by atoms with E-state index in [1.54, 1.807) is 54.2 Å². The maximum Gasteiger partial charge on any atom is 0.416 e. The summed E-state index contributed by atoms with van der Waals surface area (Å²) in [7, 11) is 14.0. The van der Waals surface area contributed by atoms with Crippen molar-refractivity contribution >= 4 is 89.1 Å². The second-order valence-corrected chi connectivity index (χ2v) is 22.7. The quantitative estimate of drug-likeness (QED) is 0.0197. The number of halogens is 12. The van der Waals surface area contributed by atoms with Crippen LogP contribution in [0.5, 0.6) is 11.8 Å². The summed E-state index contributed by atoms with van der Waals surface area (Å²) in [6.45, 7) is 5.12. The minimum atomic E-state index is -4.40. The van der Waals surface area contributed by atoms with Crippen LogP contribution in [-0.4, -0.2) is 143 Å². The minimum absolute atomic E-state index is 0. The van der Waals surface area contributed by atoms with Crippen molar-refractivity contribution in [3.8, 4) is 51.6 Å². The first kappa shape index (κ1) is 82.2. The van der Waals surface area contributed by atoms with Gasteiger partial charge in [-0.1, -0.05) is 48.2 Å². The monoisotopic (exact) mass is 1590 g/mol. The second-order valence-electron chi connectivity index (χ2n) is 20.1. The highest BCUT2D eigenvalue weighted by Crippen LogP contribution is 2.36. The molecule has 0 bridgehead atoms. The zero-order valence-electron chi connectivity index (χ0n) is 51.1. The number of thiazole rings is 3. The van der Waals surface area contributed by atoms with Gasteiger partial charge in [0.15, 0.2) is 15.4 Å². The molecule has 0 amide bonds. The van der Waals surface area contributed by atoms with Gasteiger partial charge in [-0.2, -0.15) is 49.2 Å². The third-order valence-corrected chi connectivity index (χ3v) is 13.5. The first-order valence-corrected chi connectivity index (χ1v) is 31.7. The number of alkyl halides is 10. The van der Waals surface area contributed by atoms with Crippen LogP contribution < -0.4 is 49.4 Å². The number of pyridine rings is 3. The molecule has 0 saturated carbocycles. The molecule has 0 saturated heterocycles. The normalized spacial score (nSPS) is 10.9. The Morgan fingerprint density at radius 3 is 1.18 bits per heavy atom. The van der Waals surface area contributed by atoms with E-state index in [0.717, 1.165) is 71.6 Å². The van der Waals surface area contributed by atoms with Crippen molar-refractivity contribution < 1.29 is 86.9 Å². The number of anilines is 6. The molecule has 3 aromatic carbocycles. The van der Waals surface area contributed by atoms with Gasteiger partial charge in [0.25, 0.3) is 0 Å². The smallest absolute Gasteiger partial charge is 0.416 e. The van der Waals surface area contributed by atoms with Crippen LogP contribution in [0.15, 0.2) is 144 Å². The summed E-state index contributed by atoms with van der Waals surface area (Å²) in [6, 6.07) is 26.7. The first-order valence-electron chi connectivity index (χ1n) is 26.9. The predicted octanol–water partition coefficient (Wildman–Crippen LogP) is 13.8. The average Bonchev–Trinajstić information content (AvgIpc) is 1.84. The summed E-state index contributed by atoms with van der Waals surface area (Å²) < 4.78 is 140. The van der Waals surface area contributed by atoms with E-state index in [2.05, 4.69) is 89.6 Å². The van der Waals surface area contributed by atoms with Crippen molar-refractivity contribution in [2.24, 2.45) is 0 Å². The van der Waals surface area contributed by atoms with Gasteiger partial charge in [-0.15, -0.1) is 34.0 Å². The predicted molar refractivity (Wildman–Crippen MR) is 356 cm³/mol. The molecule has 0 aliphatic carbocycles. The minimum Gasteiger partial charge on any atom is -1.00 e. The fourth-order valence-electron chi connectivity index (χ4n) is 6.90. The Bertz CT molecular complexity index is 3660. The van der Waals surface area contributed by atoms with Gasteiger partial charge in [0, 0.05) is 107 Å². The Hall–Kier alpha value is -6.91. The van der Waals surface area contributed by atoms with Crippen LogP contribution in [0.25, 0.3) is 33.8 Å². The SMILES string of the molecule is C.CC#N.CI.CN(C)CCO.CN(C)CCOc1cc(-c2csc(Nc3cccc(C(F)(F)F)c3)n2)ccn1.C[N+](C)(C)CCOc1cc(-c2csc(Nc3cccc(C(F)(F)F)c3)n2)ccn1.Fc1cc(-c2csc(Nc3cccc(C(F)(F)F)c3)n2)ccn1.[I-]. The fraction of sp³-hybridized carbons (Fsp3) is 0.306. The fourth-order valence-corrected chi connectivity index (χ4v) is 9.12. The lowest BCUT2D eigenvalue weighted by atomic mass is 10.2. The molecule has 93 heavy (non-hydrogen) atoms. The lowest BCUT2D eigenvalue weighted by molar-refractivity contribution is -0.870. The number of aromatic nitrogens is 6. The molecule has 0 radical (unpaired) electrons. The number of benzene rings is 3. The average molecular weight is 1590 g/mol. The number of likely N-dealkylation sites (N-methyl/N-ethyl adjacent to an activating group) is 3. The Kier molecular flexibility index (Phi) is 35.7. The summed E-state index contributed by atoms with van der Waals surface area (Å²) in [5, 5.41) is 31.0. The second kappa shape index (κ2) is 40.4. The lowest BCUT2D eigenvalue weighted by Gasteiger charge is -2.23. The van der Waals surface area contributed by atoms with E-state index in [-0.39, 0.29) is 43.7 Å². The molecule has 0 fully saturated rings. The van der Waals surface area contributed by atoms with Crippen molar-refractivity contribution in [2.75, 3.05) is 110 Å². The largest absolute Gasteiger partial charge is 1.00 e. The number of nitrogens with one attached hydrogen (secondary N) is 3. The topological polar surface area (TPSA) is 182 Å². The molecule has 31 heteroatoms. The van der Waals surface area contributed by atoms with E-state index in [1.165, 1.54) is 77.5 Å². The number of hydrogen-bond donors (Lipinski definition) is 4. The van der Waals surface area contributed by atoms with Gasteiger partial charge < -0.3 is 68.8 Å². The summed E-state index contributed by atoms with van der Waals surface area (Å²) in [5.74, 6) is 0.388. The van der Waals surface area contributed by atoms with Gasteiger partial charge >= 0.3 is 18.5 Å². The lowest BCUT2D eigenvalue weighted by Crippen LogP contribution is -3.00. The molecule has 6 heterocycles. The molecule has 6 aromatic heterocycles. The van der Waals surface area contributed by atoms with Crippen molar-refractivity contribution in [3.05, 3.63) is 167 Å². The van der Waals surface area contributed by atoms with Crippen LogP contribution in [0.2, 0.25) is 0 Å². The van der Waals surface area contributed by atoms with E-state index in [0.29, 0.717) is 74.4 Å². The number of ether oxygens (including phenoxy) is 2. The Labute approximate surface area is 577 Å². The van der Waals surface area contributed by atoms with Gasteiger partial charge in [0.05, 0.1) is 67.6 Å². The van der Waals surface area contributed by atoms with Gasteiger partial charge in [0.2, 0.25) is 17.7 Å². The molecule has 9 aromatic rings. The number of aliphatic hydroxyl groups is 1. The maximum absolute atomic E-state index is 13.1. The summed E-state index contributed by atoms with van der Waals surface area (Å²) in [6.07, 6.45) is -8.56. The van der Waals surface area contributed by atoms with Gasteiger partial charge in [-0.3, -0.25) is 0 Å². The Balaban J connectivity index is 0.000000437. The number of rotatable bonds is 19. The molecule has 4 N–H and O–H groups in total. The summed E-state index contributed by atoms with van der Waals surface area (Å²) in [5.41, 5.74) is 2.90. The number of aliphatic hydroxyl groups excluding tert-OH is 1. The third-order valence-electron chi connectivity index (χ3n) is 11.3. The maximum atomic E-state index is 13.1. The number of hydrogen-bond acceptors (Lipinski definition) is 18. The molecule has 0 atom stereocenters. The highest BCUT2D eigenvalue weighted by molar-refractivity contribution is 14.1. The van der Waals surface area contributed by atoms with Crippen molar-refractivity contribution in [2.45, 2.75) is 32.9 Å². The Morgan fingerprint density at radius 1 is 0.548 bits per heavy atom. The van der Waals surface area contributed by atoms with Crippen LogP contribution in [-0.2, 0) is 18.5 Å². The molecular formula is C62H71F10I2N13O3S3. The van der Waals surface area contributed by atoms with Crippen molar-refractivity contribution in [1.29, 1.82) is 5.26 Å². The van der Waals surface area contributed by atoms with E-state index in [1.807, 2.05) is 65.8 Å². The standard InChI is InChI=1S/C20H22F3N4OS.C19H19F3N4OS.C15H9F4N3S.C4H11NO.C2H3N.CH3I.CH4.HI/c1-27(2,3)9-10-28-18-11-14(7-8-24-18)17-13-29-19(26-17)25-16-6-4-5-15(12-16)20(21,22)23;1-26(2)8-9-27-17-10-13(6-7-23-17)16-12-28-18(25-16)24-15-5-3-4-14(11-15)19(20,21)22;16-13-6-9(4-5-20-13)12-8-23-14(22-12)21-11-3-1-2-10(7-11)15(17,18)19;1-5(2)3-4-6;1-2-3;1-2;;/h4-8,11-13H,9-10H2,1-3H3,(H,25,26);3-7,10-12H,8-9H2,1-2H3,(H,24,25);1-8H,(H,21,22);6H,3-4H2,1-2H3;1H3;1H3;1H4;1H/q+1;;;;;;;/p-1. The van der Waals surface area contributed by atoms with Crippen LogP contribution in [0.3, 0.4) is 0 Å². The first-order chi connectivity index (χ1) is 43.0. The highest BCUT2D eigenvalue weighted by Gasteiger charge is 2.32. The molecule has 504 valence electrons. The van der Waals surface area contributed by atoms with Gasteiger partial charge in [-0.25, -0.2) is 29.9 Å². The molecule has 0 aliphatic rings. The van der Waals surface area contributed by atoms with Gasteiger partial charge in [-0.05, 0) is 106 Å². The van der Waals surface area contributed by atoms with Crippen LogP contribution in [0, 0.1) is 17.3 Å². The molecule has 0 unspecified atom stereocenters. The molecule has 0 spiro atoms. The van der Waals surface area contributed by atoms with E-state index in [4.69, 9.17) is 19.8 Å². The Morgan fingerprint density at radius 2 is 0.882 bits per heavy atom. The number of quaternary nitrogens is 1. The van der Waals surface area contributed by atoms with Crippen molar-refractivity contribution in [1.82, 2.24) is 39.7 Å². The van der Waals surface area contributed by atoms with Gasteiger partial charge in [0.1, 0.15) is 19.8 Å². The number of nitriles is 1. The summed E-state index contributed by atoms with van der Waals surface area (Å²) >= 11 is 5.98. The summed E-state index contributed by atoms with van der Waals surface area (Å²) in [4.78, 5) is 30.9. The number of nitrogens with zero attached hydrogens (tertiary/aromatic N) is 10. The molecular weight excluding hydrogens is 1510 g/mol. The van der Waals surface area contributed by atoms with Crippen LogP contribution in [0.1, 0.15) is 31.0 Å². The zero-order chi connectivity index (χ0) is 67.4. The zero-order valence-corrected chi connectivity index (χ0v) is 57.9. The molecule has 0 aliphatic heterocycles. The highest BCUT2D eigenvalue weighted by atomic mass is 127. The van der Waals surface area contributed by atoms with Crippen LogP contribution in [0.4, 0.5) is 76.4 Å². The van der Waals surface area contributed by atoms with Crippen LogP contribution >= 0.6 is 56.6 Å². The van der Waals surface area contributed by atoms with Crippen molar-refractivity contribution in [3.63, 3.8) is 0 Å². The third kappa shape index (κ3) is 30.8. The van der Waals surface area contributed by atoms with E-state index < -0.39 is 41.2 Å². The molecule has 9 rings (SSSR count).